The molecule has 3 amide bonds. The molecule has 1 fully saturated rings. The molecule has 2 heterocycles. The van der Waals surface area contributed by atoms with Gasteiger partial charge in [0.1, 0.15) is 6.54 Å². The Bertz CT molecular complexity index is 1010. The summed E-state index contributed by atoms with van der Waals surface area (Å²) in [6, 6.07) is 14.4. The van der Waals surface area contributed by atoms with Crippen LogP contribution in [0.15, 0.2) is 48.5 Å². The lowest BCUT2D eigenvalue weighted by atomic mass is 9.93. The lowest BCUT2D eigenvalue weighted by molar-refractivity contribution is -0.133. The van der Waals surface area contributed by atoms with Crippen LogP contribution in [0.1, 0.15) is 31.8 Å². The smallest absolute Gasteiger partial charge is 0.254 e. The third kappa shape index (κ3) is 4.81. The van der Waals surface area contributed by atoms with Crippen molar-refractivity contribution in [2.24, 2.45) is 0 Å². The van der Waals surface area contributed by atoms with Gasteiger partial charge in [-0.05, 0) is 41.8 Å². The van der Waals surface area contributed by atoms with E-state index in [1.165, 1.54) is 16.0 Å². The number of hydrogen-bond donors (Lipinski definition) is 3. The summed E-state index contributed by atoms with van der Waals surface area (Å²) in [5, 5.41) is 16.6. The zero-order chi connectivity index (χ0) is 22.7. The molecule has 2 atom stereocenters. The van der Waals surface area contributed by atoms with E-state index in [0.717, 1.165) is 0 Å². The van der Waals surface area contributed by atoms with E-state index in [1.54, 1.807) is 36.2 Å². The molecule has 3 N–H and O–H groups in total. The van der Waals surface area contributed by atoms with E-state index in [0.29, 0.717) is 37.2 Å². The number of aliphatic hydroxyl groups is 1. The minimum absolute atomic E-state index is 0.0646. The third-order valence-electron chi connectivity index (χ3n) is 6.19. The number of nitrogens with zero attached hydrogens (tertiary/aromatic N) is 2. The first-order valence-electron chi connectivity index (χ1n) is 10.8. The van der Waals surface area contributed by atoms with E-state index in [-0.39, 0.29) is 36.9 Å². The van der Waals surface area contributed by atoms with Crippen LogP contribution < -0.4 is 10.6 Å². The Labute approximate surface area is 187 Å². The maximum atomic E-state index is 12.6. The molecule has 2 aliphatic rings. The van der Waals surface area contributed by atoms with Crippen LogP contribution in [0.25, 0.3) is 0 Å². The van der Waals surface area contributed by atoms with Gasteiger partial charge < -0.3 is 25.5 Å². The highest BCUT2D eigenvalue weighted by Gasteiger charge is 2.26. The van der Waals surface area contributed by atoms with Crippen LogP contribution in [0.5, 0.6) is 0 Å². The Morgan fingerprint density at radius 2 is 1.78 bits per heavy atom. The molecule has 0 spiro atoms. The van der Waals surface area contributed by atoms with Crippen molar-refractivity contribution < 1.29 is 19.5 Å². The summed E-state index contributed by atoms with van der Waals surface area (Å²) in [7, 11) is 1.72. The van der Waals surface area contributed by atoms with E-state index < -0.39 is 6.10 Å². The van der Waals surface area contributed by atoms with Crippen LogP contribution in [-0.2, 0) is 17.8 Å². The number of nitrogens with one attached hydrogen (secondary N) is 2. The van der Waals surface area contributed by atoms with Gasteiger partial charge in [-0.3, -0.25) is 14.4 Å². The SMILES string of the molecule is CN1CCN(C(=O)c2ccc(C(=O)NCC(O)[C@@H]3Cc4ccccc4CN3)cc2)CC1=O. The van der Waals surface area contributed by atoms with Crippen LogP contribution >= 0.6 is 0 Å². The Morgan fingerprint density at radius 1 is 1.09 bits per heavy atom. The van der Waals surface area contributed by atoms with E-state index in [2.05, 4.69) is 22.8 Å². The number of aliphatic hydroxyl groups excluding tert-OH is 1. The van der Waals surface area contributed by atoms with Crippen LogP contribution in [0, 0.1) is 0 Å². The normalized spacial score (nSPS) is 19.3. The number of rotatable bonds is 5. The number of amides is 3. The number of benzene rings is 2. The van der Waals surface area contributed by atoms with Crippen LogP contribution in [-0.4, -0.2) is 78.0 Å². The van der Waals surface area contributed by atoms with Crippen LogP contribution in [0.2, 0.25) is 0 Å². The molecule has 8 heteroatoms. The quantitative estimate of drug-likeness (QED) is 0.630. The molecule has 1 saturated heterocycles. The molecule has 0 saturated carbocycles. The number of fused-ring (bicyclic) bond motifs is 1. The van der Waals surface area contributed by atoms with E-state index in [4.69, 9.17) is 0 Å². The van der Waals surface area contributed by atoms with Gasteiger partial charge in [-0.1, -0.05) is 24.3 Å². The van der Waals surface area contributed by atoms with Crippen molar-refractivity contribution in [3.8, 4) is 0 Å². The van der Waals surface area contributed by atoms with Gasteiger partial charge in [-0.15, -0.1) is 0 Å². The first kappa shape index (κ1) is 22.0. The van der Waals surface area contributed by atoms with E-state index >= 15 is 0 Å². The molecular weight excluding hydrogens is 408 g/mol. The number of hydrogen-bond acceptors (Lipinski definition) is 5. The van der Waals surface area contributed by atoms with Gasteiger partial charge in [0.05, 0.1) is 6.10 Å². The van der Waals surface area contributed by atoms with E-state index in [9.17, 15) is 19.5 Å². The van der Waals surface area contributed by atoms with Crippen molar-refractivity contribution in [2.75, 3.05) is 33.2 Å². The Morgan fingerprint density at radius 3 is 2.50 bits per heavy atom. The van der Waals surface area contributed by atoms with Gasteiger partial charge in [0.15, 0.2) is 0 Å². The van der Waals surface area contributed by atoms with Gasteiger partial charge >= 0.3 is 0 Å². The second-order valence-electron chi connectivity index (χ2n) is 8.36. The van der Waals surface area contributed by atoms with Gasteiger partial charge in [0.25, 0.3) is 11.8 Å². The van der Waals surface area contributed by atoms with Crippen LogP contribution in [0.3, 0.4) is 0 Å². The zero-order valence-corrected chi connectivity index (χ0v) is 18.1. The molecule has 4 rings (SSSR count). The maximum absolute atomic E-state index is 12.6. The Hall–Kier alpha value is -3.23. The van der Waals surface area contributed by atoms with Gasteiger partial charge in [-0.2, -0.15) is 0 Å². The summed E-state index contributed by atoms with van der Waals surface area (Å²) in [4.78, 5) is 40.1. The topological polar surface area (TPSA) is 102 Å². The van der Waals surface area contributed by atoms with Gasteiger partial charge in [0.2, 0.25) is 5.91 Å². The average molecular weight is 437 g/mol. The lowest BCUT2D eigenvalue weighted by Gasteiger charge is -2.32. The van der Waals surface area contributed by atoms with Crippen molar-refractivity contribution >= 4 is 17.7 Å². The first-order valence-corrected chi connectivity index (χ1v) is 10.8. The number of carbonyl (C=O) groups is 3. The largest absolute Gasteiger partial charge is 0.390 e. The van der Waals surface area contributed by atoms with Crippen LogP contribution in [0.4, 0.5) is 0 Å². The number of piperazine rings is 1. The fourth-order valence-electron chi connectivity index (χ4n) is 4.07. The Kier molecular flexibility index (Phi) is 6.53. The van der Waals surface area contributed by atoms with Crippen molar-refractivity contribution in [1.29, 1.82) is 0 Å². The highest BCUT2D eigenvalue weighted by atomic mass is 16.3. The molecule has 2 aromatic carbocycles. The number of likely N-dealkylation sites (N-methyl/N-ethyl adjacent to an activating group) is 1. The summed E-state index contributed by atoms with van der Waals surface area (Å²) in [5.41, 5.74) is 3.29. The minimum atomic E-state index is -0.720. The highest BCUT2D eigenvalue weighted by molar-refractivity contribution is 5.99. The molecule has 0 bridgehead atoms. The molecule has 8 nitrogen and oxygen atoms in total. The summed E-state index contributed by atoms with van der Waals surface area (Å²) >= 11 is 0. The molecule has 0 aliphatic carbocycles. The summed E-state index contributed by atoms with van der Waals surface area (Å²) in [5.74, 6) is -0.624. The van der Waals surface area contributed by atoms with E-state index in [1.807, 2.05) is 12.1 Å². The molecule has 1 unspecified atom stereocenters. The first-order chi connectivity index (χ1) is 15.4. The zero-order valence-electron chi connectivity index (χ0n) is 18.1. The summed E-state index contributed by atoms with van der Waals surface area (Å²) < 4.78 is 0. The molecular formula is C24H28N4O4. The van der Waals surface area contributed by atoms with Crippen molar-refractivity contribution in [2.45, 2.75) is 25.1 Å². The monoisotopic (exact) mass is 436 g/mol. The summed E-state index contributed by atoms with van der Waals surface area (Å²) in [6.45, 7) is 1.88. The van der Waals surface area contributed by atoms with Crippen molar-refractivity contribution in [3.63, 3.8) is 0 Å². The highest BCUT2D eigenvalue weighted by Crippen LogP contribution is 2.18. The standard InChI is InChI=1S/C24H28N4O4/c1-27-10-11-28(15-22(27)30)24(32)17-8-6-16(7-9-17)23(31)26-14-21(29)20-12-18-4-2-3-5-19(18)13-25-20/h2-9,20-21,25,29H,10-15H2,1H3,(H,26,31)/t20-,21?/m0/s1. The minimum Gasteiger partial charge on any atom is -0.390 e. The summed E-state index contributed by atoms with van der Waals surface area (Å²) in [6.07, 6.45) is -0.0124. The predicted molar refractivity (Wildman–Crippen MR) is 119 cm³/mol. The Balaban J connectivity index is 1.29. The molecule has 2 aliphatic heterocycles. The lowest BCUT2D eigenvalue weighted by Crippen LogP contribution is -2.50. The third-order valence-corrected chi connectivity index (χ3v) is 6.19. The predicted octanol–water partition coefficient (Wildman–Crippen LogP) is 0.406. The maximum Gasteiger partial charge on any atom is 0.254 e. The average Bonchev–Trinajstić information content (AvgIpc) is 2.83. The fraction of sp³-hybridized carbons (Fsp3) is 0.375. The molecule has 0 aromatic heterocycles. The molecule has 168 valence electrons. The molecule has 0 radical (unpaired) electrons. The fourth-order valence-corrected chi connectivity index (χ4v) is 4.07. The van der Waals surface area contributed by atoms with Crippen molar-refractivity contribution in [1.82, 2.24) is 20.4 Å². The van der Waals surface area contributed by atoms with Crippen molar-refractivity contribution in [3.05, 3.63) is 70.8 Å². The second-order valence-corrected chi connectivity index (χ2v) is 8.36. The van der Waals surface area contributed by atoms with Gasteiger partial charge in [-0.25, -0.2) is 0 Å². The molecule has 32 heavy (non-hydrogen) atoms. The number of carbonyl (C=O) groups excluding carboxylic acids is 3. The molecule has 2 aromatic rings. The van der Waals surface area contributed by atoms with Gasteiger partial charge in [0, 0.05) is 50.4 Å². The second kappa shape index (κ2) is 9.50.